The molecule has 2 heteroatoms. The lowest BCUT2D eigenvalue weighted by Gasteiger charge is -2.09. The number of hydrogen-bond acceptors (Lipinski definition) is 2. The Labute approximate surface area is 78.4 Å². The van der Waals surface area contributed by atoms with Crippen LogP contribution in [0.3, 0.4) is 0 Å². The largest absolute Gasteiger partial charge is 0.329 e. The number of rotatable bonds is 3. The minimum Gasteiger partial charge on any atom is -0.329 e. The van der Waals surface area contributed by atoms with Crippen molar-refractivity contribution in [1.29, 1.82) is 0 Å². The molecule has 2 N–H and O–H groups in total. The van der Waals surface area contributed by atoms with E-state index < -0.39 is 0 Å². The van der Waals surface area contributed by atoms with E-state index in [4.69, 9.17) is 5.73 Å². The molecule has 0 heterocycles. The third kappa shape index (κ3) is 2.54. The minimum atomic E-state index is 0.506. The van der Waals surface area contributed by atoms with Gasteiger partial charge in [0.25, 0.3) is 0 Å². The smallest absolute Gasteiger partial charge is 0.0189 e. The molecule has 1 aromatic carbocycles. The zero-order valence-electron chi connectivity index (χ0n) is 7.58. The van der Waals surface area contributed by atoms with Gasteiger partial charge in [-0.1, -0.05) is 25.1 Å². The molecule has 0 aliphatic rings. The molecule has 0 spiro atoms. The van der Waals surface area contributed by atoms with Crippen molar-refractivity contribution in [2.75, 3.05) is 6.54 Å². The van der Waals surface area contributed by atoms with E-state index in [0.29, 0.717) is 5.25 Å². The number of thioether (sulfide) groups is 1. The highest BCUT2D eigenvalue weighted by molar-refractivity contribution is 8.00. The predicted octanol–water partition coefficient (Wildman–Crippen LogP) is 2.43. The summed E-state index contributed by atoms with van der Waals surface area (Å²) in [7, 11) is 0. The molecule has 0 aliphatic heterocycles. The van der Waals surface area contributed by atoms with Crippen LogP contribution in [-0.2, 0) is 0 Å². The molecule has 12 heavy (non-hydrogen) atoms. The zero-order chi connectivity index (χ0) is 8.97. The van der Waals surface area contributed by atoms with Gasteiger partial charge in [0.1, 0.15) is 0 Å². The van der Waals surface area contributed by atoms with Crippen molar-refractivity contribution in [3.8, 4) is 0 Å². The first-order valence-electron chi connectivity index (χ1n) is 4.16. The molecule has 1 aromatic rings. The second-order valence-corrected chi connectivity index (χ2v) is 4.41. The Morgan fingerprint density at radius 2 is 2.08 bits per heavy atom. The van der Waals surface area contributed by atoms with Crippen LogP contribution in [0.1, 0.15) is 12.5 Å². The SMILES string of the molecule is Cc1ccccc1SC(C)CN. The lowest BCUT2D eigenvalue weighted by molar-refractivity contribution is 0.950. The van der Waals surface area contributed by atoms with Crippen molar-refractivity contribution in [3.63, 3.8) is 0 Å². The molecule has 0 aromatic heterocycles. The lowest BCUT2D eigenvalue weighted by Crippen LogP contribution is -2.12. The third-order valence-electron chi connectivity index (χ3n) is 1.75. The summed E-state index contributed by atoms with van der Waals surface area (Å²) < 4.78 is 0. The fourth-order valence-corrected chi connectivity index (χ4v) is 1.89. The molecule has 1 rings (SSSR count). The summed E-state index contributed by atoms with van der Waals surface area (Å²) in [6.07, 6.45) is 0. The second-order valence-electron chi connectivity index (χ2n) is 2.93. The molecule has 1 unspecified atom stereocenters. The van der Waals surface area contributed by atoms with Crippen LogP contribution in [0.4, 0.5) is 0 Å². The highest BCUT2D eigenvalue weighted by Gasteiger charge is 2.02. The third-order valence-corrected chi connectivity index (χ3v) is 3.06. The van der Waals surface area contributed by atoms with E-state index in [1.807, 2.05) is 11.8 Å². The molecule has 1 atom stereocenters. The number of benzene rings is 1. The molecule has 0 saturated heterocycles. The highest BCUT2D eigenvalue weighted by atomic mass is 32.2. The molecular weight excluding hydrogens is 166 g/mol. The van der Waals surface area contributed by atoms with Gasteiger partial charge in [0.15, 0.2) is 0 Å². The molecule has 0 aliphatic carbocycles. The maximum absolute atomic E-state index is 5.55. The summed E-state index contributed by atoms with van der Waals surface area (Å²) >= 11 is 1.85. The quantitative estimate of drug-likeness (QED) is 0.725. The maximum Gasteiger partial charge on any atom is 0.0189 e. The first-order chi connectivity index (χ1) is 5.74. The van der Waals surface area contributed by atoms with Crippen molar-refractivity contribution in [1.82, 2.24) is 0 Å². The molecule has 66 valence electrons. The predicted molar refractivity (Wildman–Crippen MR) is 55.6 cm³/mol. The van der Waals surface area contributed by atoms with E-state index in [1.54, 1.807) is 0 Å². The summed E-state index contributed by atoms with van der Waals surface area (Å²) in [6.45, 7) is 5.02. The van der Waals surface area contributed by atoms with Gasteiger partial charge in [0.05, 0.1) is 0 Å². The van der Waals surface area contributed by atoms with Gasteiger partial charge in [-0.05, 0) is 18.6 Å². The van der Waals surface area contributed by atoms with Crippen molar-refractivity contribution in [3.05, 3.63) is 29.8 Å². The van der Waals surface area contributed by atoms with Gasteiger partial charge >= 0.3 is 0 Å². The van der Waals surface area contributed by atoms with E-state index in [-0.39, 0.29) is 0 Å². The topological polar surface area (TPSA) is 26.0 Å². The van der Waals surface area contributed by atoms with Crippen LogP contribution in [0.25, 0.3) is 0 Å². The Hall–Kier alpha value is -0.470. The van der Waals surface area contributed by atoms with Crippen LogP contribution >= 0.6 is 11.8 Å². The minimum absolute atomic E-state index is 0.506. The molecule has 0 fully saturated rings. The Kier molecular flexibility index (Phi) is 3.63. The number of hydrogen-bond donors (Lipinski definition) is 1. The lowest BCUT2D eigenvalue weighted by atomic mass is 10.2. The Balaban J connectivity index is 2.69. The van der Waals surface area contributed by atoms with Gasteiger partial charge in [-0.25, -0.2) is 0 Å². The van der Waals surface area contributed by atoms with E-state index in [9.17, 15) is 0 Å². The summed E-state index contributed by atoms with van der Waals surface area (Å²) in [5.74, 6) is 0. The van der Waals surface area contributed by atoms with Crippen LogP contribution in [0.2, 0.25) is 0 Å². The molecule has 0 radical (unpaired) electrons. The average Bonchev–Trinajstić information content (AvgIpc) is 2.09. The summed E-state index contributed by atoms with van der Waals surface area (Å²) in [5, 5.41) is 0.506. The molecule has 0 saturated carbocycles. The summed E-state index contributed by atoms with van der Waals surface area (Å²) in [4.78, 5) is 1.34. The van der Waals surface area contributed by atoms with Crippen molar-refractivity contribution in [2.45, 2.75) is 24.0 Å². The number of aryl methyl sites for hydroxylation is 1. The maximum atomic E-state index is 5.55. The van der Waals surface area contributed by atoms with Crippen molar-refractivity contribution in [2.24, 2.45) is 5.73 Å². The zero-order valence-corrected chi connectivity index (χ0v) is 8.40. The second kappa shape index (κ2) is 4.53. The van der Waals surface area contributed by atoms with Crippen LogP contribution in [0.5, 0.6) is 0 Å². The average molecular weight is 181 g/mol. The fourth-order valence-electron chi connectivity index (χ4n) is 0.954. The summed E-state index contributed by atoms with van der Waals surface area (Å²) in [6, 6.07) is 8.41. The number of nitrogens with two attached hydrogens (primary N) is 1. The van der Waals surface area contributed by atoms with E-state index in [0.717, 1.165) is 6.54 Å². The van der Waals surface area contributed by atoms with Crippen LogP contribution in [-0.4, -0.2) is 11.8 Å². The molecular formula is C10H15NS. The van der Waals surface area contributed by atoms with Gasteiger partial charge < -0.3 is 5.73 Å². The van der Waals surface area contributed by atoms with E-state index in [2.05, 4.69) is 38.1 Å². The fraction of sp³-hybridized carbons (Fsp3) is 0.400. The van der Waals surface area contributed by atoms with Gasteiger partial charge in [-0.2, -0.15) is 0 Å². The monoisotopic (exact) mass is 181 g/mol. The van der Waals surface area contributed by atoms with Crippen LogP contribution in [0, 0.1) is 6.92 Å². The van der Waals surface area contributed by atoms with Crippen LogP contribution in [0.15, 0.2) is 29.2 Å². The van der Waals surface area contributed by atoms with E-state index >= 15 is 0 Å². The first-order valence-corrected chi connectivity index (χ1v) is 5.04. The van der Waals surface area contributed by atoms with E-state index in [1.165, 1.54) is 10.5 Å². The Morgan fingerprint density at radius 3 is 2.67 bits per heavy atom. The highest BCUT2D eigenvalue weighted by Crippen LogP contribution is 2.25. The van der Waals surface area contributed by atoms with Crippen LogP contribution < -0.4 is 5.73 Å². The standard InChI is InChI=1S/C10H15NS/c1-8-5-3-4-6-10(8)12-9(2)7-11/h3-6,9H,7,11H2,1-2H3. The van der Waals surface area contributed by atoms with Gasteiger partial charge in [-0.15, -0.1) is 11.8 Å². The Bertz CT molecular complexity index is 247. The van der Waals surface area contributed by atoms with Gasteiger partial charge in [-0.3, -0.25) is 0 Å². The molecule has 0 bridgehead atoms. The normalized spacial score (nSPS) is 12.9. The van der Waals surface area contributed by atoms with Crippen molar-refractivity contribution < 1.29 is 0 Å². The molecule has 0 amide bonds. The Morgan fingerprint density at radius 1 is 1.42 bits per heavy atom. The first kappa shape index (κ1) is 9.62. The summed E-state index contributed by atoms with van der Waals surface area (Å²) in [5.41, 5.74) is 6.89. The van der Waals surface area contributed by atoms with Gasteiger partial charge in [0.2, 0.25) is 0 Å². The van der Waals surface area contributed by atoms with Gasteiger partial charge in [0, 0.05) is 16.7 Å². The van der Waals surface area contributed by atoms with Crippen molar-refractivity contribution >= 4 is 11.8 Å². The molecule has 1 nitrogen and oxygen atoms in total.